The molecule has 0 aromatic rings. The van der Waals surface area contributed by atoms with Crippen molar-refractivity contribution in [1.82, 2.24) is 0 Å². The summed E-state index contributed by atoms with van der Waals surface area (Å²) in [4.78, 5) is 10.5. The van der Waals surface area contributed by atoms with Gasteiger partial charge >= 0.3 is 0 Å². The summed E-state index contributed by atoms with van der Waals surface area (Å²) in [5.74, 6) is 0.593. The maximum Gasteiger partial charge on any atom is 0.152 e. The molecule has 0 spiro atoms. The van der Waals surface area contributed by atoms with Crippen molar-refractivity contribution >= 4 is 5.78 Å². The first-order chi connectivity index (χ1) is 4.79. The molecule has 0 saturated carbocycles. The molecule has 2 heteroatoms. The van der Waals surface area contributed by atoms with Crippen molar-refractivity contribution in [2.75, 3.05) is 13.2 Å². The molecule has 1 unspecified atom stereocenters. The van der Waals surface area contributed by atoms with Crippen molar-refractivity contribution in [3.05, 3.63) is 12.2 Å². The number of hydrogen-bond donors (Lipinski definition) is 0. The van der Waals surface area contributed by atoms with Crippen molar-refractivity contribution < 1.29 is 9.53 Å². The molecule has 1 atom stereocenters. The first-order valence-electron chi connectivity index (χ1n) is 3.55. The summed E-state index contributed by atoms with van der Waals surface area (Å²) >= 11 is 0. The van der Waals surface area contributed by atoms with Gasteiger partial charge < -0.3 is 4.74 Å². The van der Waals surface area contributed by atoms with E-state index >= 15 is 0 Å². The van der Waals surface area contributed by atoms with E-state index < -0.39 is 0 Å². The Balaban J connectivity index is 2.29. The average molecular weight is 140 g/mol. The van der Waals surface area contributed by atoms with Gasteiger partial charge in [-0.3, -0.25) is 4.79 Å². The van der Waals surface area contributed by atoms with Gasteiger partial charge in [0.15, 0.2) is 5.78 Å². The van der Waals surface area contributed by atoms with E-state index in [0.29, 0.717) is 5.92 Å². The van der Waals surface area contributed by atoms with Crippen LogP contribution in [0.25, 0.3) is 0 Å². The minimum atomic E-state index is 0.118. The molecule has 2 nitrogen and oxygen atoms in total. The predicted octanol–water partition coefficient (Wildman–Crippen LogP) is 1.17. The normalized spacial score (nSPS) is 25.9. The van der Waals surface area contributed by atoms with Crippen LogP contribution in [0, 0.1) is 5.92 Å². The van der Waals surface area contributed by atoms with Crippen LogP contribution in [0.15, 0.2) is 12.2 Å². The van der Waals surface area contributed by atoms with Crippen molar-refractivity contribution in [3.63, 3.8) is 0 Å². The van der Waals surface area contributed by atoms with Gasteiger partial charge in [-0.2, -0.15) is 0 Å². The molecule has 56 valence electrons. The third-order valence-corrected chi connectivity index (χ3v) is 1.57. The molecule has 0 radical (unpaired) electrons. The Morgan fingerprint density at radius 3 is 3.00 bits per heavy atom. The third kappa shape index (κ3) is 2.31. The zero-order valence-corrected chi connectivity index (χ0v) is 6.17. The van der Waals surface area contributed by atoms with E-state index in [2.05, 4.69) is 0 Å². The molecule has 1 fully saturated rings. The van der Waals surface area contributed by atoms with Crippen molar-refractivity contribution in [3.8, 4) is 0 Å². The fraction of sp³-hybridized carbons (Fsp3) is 0.625. The number of rotatable bonds is 2. The fourth-order valence-corrected chi connectivity index (χ4v) is 0.976. The van der Waals surface area contributed by atoms with Crippen LogP contribution < -0.4 is 0 Å². The third-order valence-electron chi connectivity index (χ3n) is 1.57. The molecule has 1 aliphatic heterocycles. The first kappa shape index (κ1) is 7.48. The second-order valence-corrected chi connectivity index (χ2v) is 2.59. The highest BCUT2D eigenvalue weighted by atomic mass is 16.5. The van der Waals surface area contributed by atoms with Gasteiger partial charge in [0.05, 0.1) is 6.61 Å². The van der Waals surface area contributed by atoms with Crippen molar-refractivity contribution in [1.29, 1.82) is 0 Å². The molecule has 10 heavy (non-hydrogen) atoms. The van der Waals surface area contributed by atoms with Crippen LogP contribution >= 0.6 is 0 Å². The number of carbonyl (C=O) groups excluding carboxylic acids is 1. The minimum Gasteiger partial charge on any atom is -0.381 e. The molecule has 0 amide bonds. The van der Waals surface area contributed by atoms with Gasteiger partial charge in [-0.1, -0.05) is 6.08 Å². The van der Waals surface area contributed by atoms with Crippen LogP contribution in [0.1, 0.15) is 13.3 Å². The zero-order valence-electron chi connectivity index (χ0n) is 6.17. The standard InChI is InChI=1S/C8H12O2/c1-7(9)2-3-8-4-5-10-6-8/h2-3,8H,4-6H2,1H3. The molecule has 1 heterocycles. The van der Waals surface area contributed by atoms with Crippen molar-refractivity contribution in [2.24, 2.45) is 5.92 Å². The SMILES string of the molecule is CC(=O)C=CC1CCOC1. The summed E-state index contributed by atoms with van der Waals surface area (Å²) < 4.78 is 5.13. The molecule has 0 N–H and O–H groups in total. The highest BCUT2D eigenvalue weighted by Gasteiger charge is 2.11. The molecule has 1 rings (SSSR count). The van der Waals surface area contributed by atoms with E-state index in [1.54, 1.807) is 13.0 Å². The molecule has 0 aliphatic carbocycles. The summed E-state index contributed by atoms with van der Waals surface area (Å²) in [5, 5.41) is 0. The summed E-state index contributed by atoms with van der Waals surface area (Å²) in [6, 6.07) is 0. The highest BCUT2D eigenvalue weighted by molar-refractivity contribution is 5.87. The number of hydrogen-bond acceptors (Lipinski definition) is 2. The Morgan fingerprint density at radius 2 is 2.50 bits per heavy atom. The summed E-state index contributed by atoms with van der Waals surface area (Å²) in [6.07, 6.45) is 4.62. The van der Waals surface area contributed by atoms with E-state index in [1.165, 1.54) is 0 Å². The van der Waals surface area contributed by atoms with Crippen LogP contribution in [-0.2, 0) is 9.53 Å². The van der Waals surface area contributed by atoms with Crippen molar-refractivity contribution in [2.45, 2.75) is 13.3 Å². The quantitative estimate of drug-likeness (QED) is 0.538. The summed E-state index contributed by atoms with van der Waals surface area (Å²) in [5.41, 5.74) is 0. The molecule has 0 aromatic heterocycles. The summed E-state index contributed by atoms with van der Waals surface area (Å²) in [7, 11) is 0. The fourth-order valence-electron chi connectivity index (χ4n) is 0.976. The van der Waals surface area contributed by atoms with Crippen LogP contribution in [0.3, 0.4) is 0 Å². The lowest BCUT2D eigenvalue weighted by Crippen LogP contribution is -1.94. The predicted molar refractivity (Wildman–Crippen MR) is 38.7 cm³/mol. The van der Waals surface area contributed by atoms with E-state index in [1.807, 2.05) is 6.08 Å². The largest absolute Gasteiger partial charge is 0.381 e. The van der Waals surface area contributed by atoms with E-state index in [0.717, 1.165) is 19.6 Å². The van der Waals surface area contributed by atoms with Gasteiger partial charge in [-0.15, -0.1) is 0 Å². The van der Waals surface area contributed by atoms with E-state index in [9.17, 15) is 4.79 Å². The number of carbonyl (C=O) groups is 1. The van der Waals surface area contributed by atoms with Gasteiger partial charge in [0, 0.05) is 12.5 Å². The zero-order chi connectivity index (χ0) is 7.40. The smallest absolute Gasteiger partial charge is 0.152 e. The van der Waals surface area contributed by atoms with Crippen LogP contribution in [-0.4, -0.2) is 19.0 Å². The average Bonchev–Trinajstić information content (AvgIpc) is 2.34. The Bertz CT molecular complexity index is 143. The van der Waals surface area contributed by atoms with Crippen LogP contribution in [0.4, 0.5) is 0 Å². The maximum atomic E-state index is 10.5. The second-order valence-electron chi connectivity index (χ2n) is 2.59. The molecule has 1 saturated heterocycles. The second kappa shape index (κ2) is 3.52. The summed E-state index contributed by atoms with van der Waals surface area (Å²) in [6.45, 7) is 3.18. The topological polar surface area (TPSA) is 26.3 Å². The maximum absolute atomic E-state index is 10.5. The van der Waals surface area contributed by atoms with E-state index in [-0.39, 0.29) is 5.78 Å². The molecule has 0 aromatic carbocycles. The lowest BCUT2D eigenvalue weighted by molar-refractivity contribution is -0.112. The lowest BCUT2D eigenvalue weighted by Gasteiger charge is -1.95. The molecule has 0 bridgehead atoms. The number of ether oxygens (including phenoxy) is 1. The first-order valence-corrected chi connectivity index (χ1v) is 3.55. The van der Waals surface area contributed by atoms with Gasteiger partial charge in [-0.05, 0) is 19.4 Å². The minimum absolute atomic E-state index is 0.118. The van der Waals surface area contributed by atoms with Gasteiger partial charge in [0.1, 0.15) is 0 Å². The van der Waals surface area contributed by atoms with Gasteiger partial charge in [-0.25, -0.2) is 0 Å². The monoisotopic (exact) mass is 140 g/mol. The highest BCUT2D eigenvalue weighted by Crippen LogP contribution is 2.12. The van der Waals surface area contributed by atoms with Crippen LogP contribution in [0.5, 0.6) is 0 Å². The van der Waals surface area contributed by atoms with E-state index in [4.69, 9.17) is 4.74 Å². The van der Waals surface area contributed by atoms with Crippen LogP contribution in [0.2, 0.25) is 0 Å². The number of ketones is 1. The Hall–Kier alpha value is -0.630. The van der Waals surface area contributed by atoms with Gasteiger partial charge in [0.25, 0.3) is 0 Å². The molecular weight excluding hydrogens is 128 g/mol. The molecular formula is C8H12O2. The Kier molecular flexibility index (Phi) is 2.63. The lowest BCUT2D eigenvalue weighted by atomic mass is 10.1. The Morgan fingerprint density at radius 1 is 1.70 bits per heavy atom. The Labute approximate surface area is 60.9 Å². The number of allylic oxidation sites excluding steroid dienone is 1. The molecule has 1 aliphatic rings. The van der Waals surface area contributed by atoms with Gasteiger partial charge in [0.2, 0.25) is 0 Å².